The number of halogens is 1. The molecule has 7 heteroatoms. The van der Waals surface area contributed by atoms with Gasteiger partial charge in [0.1, 0.15) is 17.6 Å². The van der Waals surface area contributed by atoms with Crippen molar-refractivity contribution in [2.24, 2.45) is 7.05 Å². The fourth-order valence-corrected chi connectivity index (χ4v) is 3.58. The van der Waals surface area contributed by atoms with Crippen molar-refractivity contribution in [1.82, 2.24) is 14.9 Å². The molecular weight excluding hydrogens is 390 g/mol. The Labute approximate surface area is 173 Å². The van der Waals surface area contributed by atoms with E-state index in [0.29, 0.717) is 16.4 Å². The number of methoxy groups -OCH3 is 1. The first-order valence-corrected chi connectivity index (χ1v) is 9.47. The number of imidazole rings is 1. The number of hydrogen-bond donors (Lipinski definition) is 1. The zero-order valence-electron chi connectivity index (χ0n) is 16.3. The van der Waals surface area contributed by atoms with Gasteiger partial charge in [-0.05, 0) is 30.7 Å². The van der Waals surface area contributed by atoms with E-state index in [1.54, 1.807) is 19.4 Å². The molecule has 4 rings (SSSR count). The molecule has 0 saturated heterocycles. The molecule has 1 amide bonds. The minimum atomic E-state index is -0.462. The normalized spacial score (nSPS) is 12.1. The summed E-state index contributed by atoms with van der Waals surface area (Å²) in [6.45, 7) is 1.85. The van der Waals surface area contributed by atoms with Gasteiger partial charge in [0, 0.05) is 30.4 Å². The number of aromatic nitrogens is 2. The van der Waals surface area contributed by atoms with E-state index < -0.39 is 6.04 Å². The third-order valence-electron chi connectivity index (χ3n) is 4.96. The molecule has 0 spiro atoms. The number of benzene rings is 2. The van der Waals surface area contributed by atoms with Crippen molar-refractivity contribution in [3.63, 3.8) is 0 Å². The smallest absolute Gasteiger partial charge is 0.288 e. The fraction of sp³-hybridized carbons (Fsp3) is 0.182. The van der Waals surface area contributed by atoms with Crippen LogP contribution in [0.3, 0.4) is 0 Å². The molecule has 0 aliphatic heterocycles. The van der Waals surface area contributed by atoms with Crippen LogP contribution >= 0.6 is 11.6 Å². The standard InChI is InChI=1S/C22H20ClN3O3/c1-13-16-5-4-6-17(23)20(16)29-19(13)22(27)25-18(21-24-11-12-26(21)2)14-7-9-15(28-3)10-8-14/h4-12,18H,1-3H3,(H,25,27)/t18-/m1/s1. The lowest BCUT2D eigenvalue weighted by molar-refractivity contribution is 0.0914. The van der Waals surface area contributed by atoms with E-state index >= 15 is 0 Å². The first kappa shape index (κ1) is 19.1. The zero-order valence-corrected chi connectivity index (χ0v) is 17.0. The predicted octanol–water partition coefficient (Wildman–Crippen LogP) is 4.66. The van der Waals surface area contributed by atoms with Crippen LogP contribution in [-0.4, -0.2) is 22.6 Å². The molecule has 0 aliphatic carbocycles. The number of furan rings is 1. The number of carbonyl (C=O) groups excluding carboxylic acids is 1. The molecule has 2 aromatic heterocycles. The first-order chi connectivity index (χ1) is 14.0. The minimum absolute atomic E-state index is 0.237. The van der Waals surface area contributed by atoms with Crippen molar-refractivity contribution in [1.29, 1.82) is 0 Å². The Bertz CT molecular complexity index is 1180. The Morgan fingerprint density at radius 2 is 2.00 bits per heavy atom. The van der Waals surface area contributed by atoms with Crippen molar-refractivity contribution in [2.75, 3.05) is 7.11 Å². The second kappa shape index (κ2) is 7.64. The maximum Gasteiger partial charge on any atom is 0.288 e. The van der Waals surface area contributed by atoms with Crippen LogP contribution in [0.5, 0.6) is 5.75 Å². The number of amides is 1. The maximum atomic E-state index is 13.2. The minimum Gasteiger partial charge on any atom is -0.497 e. The van der Waals surface area contributed by atoms with E-state index in [2.05, 4.69) is 10.3 Å². The Kier molecular flexibility index (Phi) is 5.03. The van der Waals surface area contributed by atoms with E-state index in [0.717, 1.165) is 22.3 Å². The molecule has 0 saturated carbocycles. The Morgan fingerprint density at radius 3 is 2.62 bits per heavy atom. The van der Waals surface area contributed by atoms with Crippen molar-refractivity contribution >= 4 is 28.5 Å². The van der Waals surface area contributed by atoms with Crippen LogP contribution in [0.15, 0.2) is 59.3 Å². The summed E-state index contributed by atoms with van der Waals surface area (Å²) in [6.07, 6.45) is 3.54. The van der Waals surface area contributed by atoms with Crippen LogP contribution in [0.2, 0.25) is 5.02 Å². The second-order valence-corrected chi connectivity index (χ2v) is 7.16. The molecule has 0 aliphatic rings. The largest absolute Gasteiger partial charge is 0.497 e. The van der Waals surface area contributed by atoms with Crippen molar-refractivity contribution in [3.8, 4) is 5.75 Å². The van der Waals surface area contributed by atoms with Crippen LogP contribution in [0.4, 0.5) is 0 Å². The number of fused-ring (bicyclic) bond motifs is 1. The molecule has 2 aromatic carbocycles. The van der Waals surface area contributed by atoms with Crippen molar-refractivity contribution in [3.05, 3.63) is 82.6 Å². The SMILES string of the molecule is COc1ccc([C@@H](NC(=O)c2oc3c(Cl)cccc3c2C)c2nccn2C)cc1. The summed E-state index contributed by atoms with van der Waals surface area (Å²) in [7, 11) is 3.50. The predicted molar refractivity (Wildman–Crippen MR) is 111 cm³/mol. The van der Waals surface area contributed by atoms with Gasteiger partial charge in [-0.25, -0.2) is 4.98 Å². The van der Waals surface area contributed by atoms with E-state index in [4.69, 9.17) is 20.8 Å². The highest BCUT2D eigenvalue weighted by Gasteiger charge is 2.25. The summed E-state index contributed by atoms with van der Waals surface area (Å²) in [6, 6.07) is 12.5. The Morgan fingerprint density at radius 1 is 1.24 bits per heavy atom. The van der Waals surface area contributed by atoms with Gasteiger partial charge in [0.15, 0.2) is 11.3 Å². The molecule has 6 nitrogen and oxygen atoms in total. The van der Waals surface area contributed by atoms with Gasteiger partial charge in [-0.3, -0.25) is 4.79 Å². The first-order valence-electron chi connectivity index (χ1n) is 9.09. The van der Waals surface area contributed by atoms with Crippen molar-refractivity contribution in [2.45, 2.75) is 13.0 Å². The lowest BCUT2D eigenvalue weighted by atomic mass is 10.1. The average molecular weight is 410 g/mol. The molecule has 0 radical (unpaired) electrons. The van der Waals surface area contributed by atoms with Gasteiger partial charge in [-0.1, -0.05) is 35.9 Å². The average Bonchev–Trinajstić information content (AvgIpc) is 3.30. The van der Waals surface area contributed by atoms with Crippen LogP contribution in [0.1, 0.15) is 33.5 Å². The van der Waals surface area contributed by atoms with Crippen LogP contribution in [0.25, 0.3) is 11.0 Å². The van der Waals surface area contributed by atoms with Crippen molar-refractivity contribution < 1.29 is 13.9 Å². The Balaban J connectivity index is 1.73. The van der Waals surface area contributed by atoms with E-state index in [1.807, 2.05) is 61.1 Å². The third-order valence-corrected chi connectivity index (χ3v) is 5.26. The number of ether oxygens (including phenoxy) is 1. The van der Waals surface area contributed by atoms with E-state index in [9.17, 15) is 4.79 Å². The number of nitrogens with zero attached hydrogens (tertiary/aromatic N) is 2. The number of hydrogen-bond acceptors (Lipinski definition) is 4. The molecular formula is C22H20ClN3O3. The molecule has 0 fully saturated rings. The van der Waals surface area contributed by atoms with Crippen LogP contribution < -0.4 is 10.1 Å². The number of carbonyl (C=O) groups is 1. The fourth-order valence-electron chi connectivity index (χ4n) is 3.37. The highest BCUT2D eigenvalue weighted by atomic mass is 35.5. The molecule has 148 valence electrons. The molecule has 1 atom stereocenters. The number of nitrogens with one attached hydrogen (secondary N) is 1. The van der Waals surface area contributed by atoms with E-state index in [1.165, 1.54) is 0 Å². The van der Waals surface area contributed by atoms with Gasteiger partial charge >= 0.3 is 0 Å². The molecule has 1 N–H and O–H groups in total. The molecule has 2 heterocycles. The lowest BCUT2D eigenvalue weighted by Gasteiger charge is -2.19. The van der Waals surface area contributed by atoms with Gasteiger partial charge in [0.25, 0.3) is 5.91 Å². The highest BCUT2D eigenvalue weighted by molar-refractivity contribution is 6.35. The summed E-state index contributed by atoms with van der Waals surface area (Å²) in [4.78, 5) is 17.6. The number of para-hydroxylation sites is 1. The lowest BCUT2D eigenvalue weighted by Crippen LogP contribution is -2.31. The summed E-state index contributed by atoms with van der Waals surface area (Å²) in [5.74, 6) is 1.34. The van der Waals surface area contributed by atoms with Gasteiger partial charge in [0.05, 0.1) is 12.1 Å². The summed E-state index contributed by atoms with van der Waals surface area (Å²) >= 11 is 6.23. The molecule has 0 bridgehead atoms. The monoisotopic (exact) mass is 409 g/mol. The quantitative estimate of drug-likeness (QED) is 0.520. The molecule has 4 aromatic rings. The number of aryl methyl sites for hydroxylation is 2. The molecule has 0 unspecified atom stereocenters. The summed E-state index contributed by atoms with van der Waals surface area (Å²) in [5.41, 5.74) is 2.13. The van der Waals surface area contributed by atoms with Crippen LogP contribution in [0, 0.1) is 6.92 Å². The van der Waals surface area contributed by atoms with Crippen LogP contribution in [-0.2, 0) is 7.05 Å². The maximum absolute atomic E-state index is 13.2. The van der Waals surface area contributed by atoms with E-state index in [-0.39, 0.29) is 11.7 Å². The summed E-state index contributed by atoms with van der Waals surface area (Å²) < 4.78 is 12.9. The topological polar surface area (TPSA) is 69.3 Å². The highest BCUT2D eigenvalue weighted by Crippen LogP contribution is 2.31. The Hall–Kier alpha value is -3.25. The second-order valence-electron chi connectivity index (χ2n) is 6.75. The van der Waals surface area contributed by atoms with Gasteiger partial charge in [-0.2, -0.15) is 0 Å². The van der Waals surface area contributed by atoms with Gasteiger partial charge < -0.3 is 19.0 Å². The number of rotatable bonds is 5. The zero-order chi connectivity index (χ0) is 20.5. The summed E-state index contributed by atoms with van der Waals surface area (Å²) in [5, 5.41) is 4.34. The third kappa shape index (κ3) is 3.47. The van der Waals surface area contributed by atoms with Gasteiger partial charge in [0.2, 0.25) is 0 Å². The molecule has 29 heavy (non-hydrogen) atoms. The van der Waals surface area contributed by atoms with Gasteiger partial charge in [-0.15, -0.1) is 0 Å².